The van der Waals surface area contributed by atoms with Gasteiger partial charge in [0, 0.05) is 0 Å². The van der Waals surface area contributed by atoms with Gasteiger partial charge in [0.25, 0.3) is 6.69 Å². The summed E-state index contributed by atoms with van der Waals surface area (Å²) < 4.78 is 0. The van der Waals surface area contributed by atoms with E-state index in [1.807, 2.05) is 0 Å². The van der Waals surface area contributed by atoms with E-state index in [0.29, 0.717) is 11.0 Å². The highest BCUT2D eigenvalue weighted by Crippen LogP contribution is 2.65. The molecule has 4 heteroatoms. The highest BCUT2D eigenvalue weighted by Gasteiger charge is 2.61. The van der Waals surface area contributed by atoms with Gasteiger partial charge in [-0.25, -0.2) is 0 Å². The number of allylic oxidation sites excluding steroid dienone is 1. The summed E-state index contributed by atoms with van der Waals surface area (Å²) in [5.41, 5.74) is 3.51. The van der Waals surface area contributed by atoms with E-state index in [0.717, 1.165) is 12.5 Å². The van der Waals surface area contributed by atoms with Crippen LogP contribution in [-0.2, 0) is 0 Å². The van der Waals surface area contributed by atoms with Crippen LogP contribution in [0.5, 0.6) is 0 Å². The van der Waals surface area contributed by atoms with Crippen LogP contribution in [0.2, 0.25) is 31.2 Å². The lowest BCUT2D eigenvalue weighted by atomic mass is 9.78. The third kappa shape index (κ3) is 4.40. The second-order valence-electron chi connectivity index (χ2n) is 8.46. The summed E-state index contributed by atoms with van der Waals surface area (Å²) in [5, 5.41) is 0. The zero-order valence-corrected chi connectivity index (χ0v) is 16.4. The fraction of sp³-hybridized carbons (Fsp3) is 0.857. The summed E-state index contributed by atoms with van der Waals surface area (Å²) >= 11 is 13.2. The Labute approximate surface area is 125 Å². The Balaban J connectivity index is 2.86. The second kappa shape index (κ2) is 4.94. The van der Waals surface area contributed by atoms with Crippen LogP contribution >= 0.6 is 22.2 Å². The number of hydrogen-bond donors (Lipinski definition) is 0. The molecular formula is C14H28Cl2Si2. The van der Waals surface area contributed by atoms with E-state index in [4.69, 9.17) is 22.2 Å². The van der Waals surface area contributed by atoms with E-state index in [2.05, 4.69) is 59.1 Å². The smallest absolute Gasteiger partial charge is 0.145 e. The molecule has 18 heavy (non-hydrogen) atoms. The molecule has 2 atom stereocenters. The van der Waals surface area contributed by atoms with Gasteiger partial charge < -0.3 is 0 Å². The van der Waals surface area contributed by atoms with Gasteiger partial charge in [0.15, 0.2) is 0 Å². The van der Waals surface area contributed by atoms with Gasteiger partial charge in [0.05, 0.1) is 8.07 Å². The average molecular weight is 323 g/mol. The number of rotatable bonds is 3. The van der Waals surface area contributed by atoms with Gasteiger partial charge in [-0.15, -0.1) is 22.2 Å². The maximum atomic E-state index is 6.59. The monoisotopic (exact) mass is 322 g/mol. The second-order valence-corrected chi connectivity index (χ2v) is 20.7. The topological polar surface area (TPSA) is 0 Å². The van der Waals surface area contributed by atoms with E-state index in [1.165, 1.54) is 0 Å². The first-order valence-corrected chi connectivity index (χ1v) is 14.7. The molecule has 0 aromatic rings. The SMILES string of the molecule is CC(C)(C)CC1C(C)(/C=C/[Si](C)(C)C)C[Si]1(Cl)Cl. The Morgan fingerprint density at radius 2 is 1.78 bits per heavy atom. The van der Waals surface area contributed by atoms with Gasteiger partial charge in [-0.05, 0) is 28.8 Å². The van der Waals surface area contributed by atoms with Crippen molar-refractivity contribution in [3.8, 4) is 0 Å². The first kappa shape index (κ1) is 16.8. The predicted molar refractivity (Wildman–Crippen MR) is 90.7 cm³/mol. The van der Waals surface area contributed by atoms with Crippen LogP contribution < -0.4 is 0 Å². The number of hydrogen-bond acceptors (Lipinski definition) is 0. The summed E-state index contributed by atoms with van der Waals surface area (Å²) in [6.07, 6.45) is 3.57. The third-order valence-electron chi connectivity index (χ3n) is 3.70. The Bertz CT molecular complexity index is 337. The summed E-state index contributed by atoms with van der Waals surface area (Å²) in [5.74, 6) is 0. The molecule has 106 valence electrons. The molecule has 1 fully saturated rings. The molecular weight excluding hydrogens is 295 g/mol. The minimum absolute atomic E-state index is 0.239. The Morgan fingerprint density at radius 3 is 2.11 bits per heavy atom. The van der Waals surface area contributed by atoms with Crippen LogP contribution in [0.4, 0.5) is 0 Å². The quantitative estimate of drug-likeness (QED) is 0.430. The van der Waals surface area contributed by atoms with E-state index in [1.54, 1.807) is 0 Å². The van der Waals surface area contributed by atoms with Gasteiger partial charge in [-0.1, -0.05) is 59.1 Å². The lowest BCUT2D eigenvalue weighted by Crippen LogP contribution is -2.53. The molecule has 0 aliphatic carbocycles. The number of halogens is 2. The molecule has 0 spiro atoms. The van der Waals surface area contributed by atoms with Crippen molar-refractivity contribution >= 4 is 36.9 Å². The van der Waals surface area contributed by atoms with E-state index in [-0.39, 0.29) is 5.41 Å². The summed E-state index contributed by atoms with van der Waals surface area (Å²) in [4.78, 5) is 0. The molecule has 1 heterocycles. The molecule has 1 aliphatic rings. The van der Waals surface area contributed by atoms with Crippen molar-refractivity contribution in [3.63, 3.8) is 0 Å². The molecule has 0 N–H and O–H groups in total. The van der Waals surface area contributed by atoms with E-state index < -0.39 is 14.8 Å². The standard InChI is InChI=1S/C14H28Cl2Si2/c1-13(2,3)10-12-14(4,11-18(12,15)16)8-9-17(5,6)7/h8-9,12H,10-11H2,1-7H3/b9-8+. The average Bonchev–Trinajstić information content (AvgIpc) is 2.08. The van der Waals surface area contributed by atoms with Crippen LogP contribution in [0.25, 0.3) is 0 Å². The fourth-order valence-electron chi connectivity index (χ4n) is 2.72. The summed E-state index contributed by atoms with van der Waals surface area (Å²) in [7, 11) is -1.14. The normalized spacial score (nSPS) is 32.6. The maximum absolute atomic E-state index is 6.59. The summed E-state index contributed by atoms with van der Waals surface area (Å²) in [6.45, 7) is 14.3. The molecule has 0 bridgehead atoms. The molecule has 0 aromatic carbocycles. The van der Waals surface area contributed by atoms with Crippen molar-refractivity contribution in [3.05, 3.63) is 11.8 Å². The molecule has 0 radical (unpaired) electrons. The molecule has 0 amide bonds. The maximum Gasteiger partial charge on any atom is 0.256 e. The Hall–Kier alpha value is 0.754. The van der Waals surface area contributed by atoms with Gasteiger partial charge in [0.2, 0.25) is 0 Å². The van der Waals surface area contributed by atoms with Crippen LogP contribution in [-0.4, -0.2) is 14.8 Å². The van der Waals surface area contributed by atoms with Gasteiger partial charge in [-0.2, -0.15) is 0 Å². The molecule has 0 saturated carbocycles. The first-order chi connectivity index (χ1) is 7.75. The summed E-state index contributed by atoms with van der Waals surface area (Å²) in [6, 6.07) is 1.02. The predicted octanol–water partition coefficient (Wildman–Crippen LogP) is 6.17. The van der Waals surface area contributed by atoms with Crippen molar-refractivity contribution < 1.29 is 0 Å². The zero-order chi connectivity index (χ0) is 14.4. The minimum atomic E-state index is -2.01. The zero-order valence-electron chi connectivity index (χ0n) is 12.9. The van der Waals surface area contributed by atoms with Crippen LogP contribution in [0.3, 0.4) is 0 Å². The van der Waals surface area contributed by atoms with Crippen molar-refractivity contribution in [2.45, 2.75) is 65.3 Å². The van der Waals surface area contributed by atoms with Crippen molar-refractivity contribution in [1.29, 1.82) is 0 Å². The molecule has 1 rings (SSSR count). The fourth-order valence-corrected chi connectivity index (χ4v) is 10.6. The first-order valence-electron chi connectivity index (χ1n) is 6.83. The lowest BCUT2D eigenvalue weighted by Gasteiger charge is -2.55. The van der Waals surface area contributed by atoms with Gasteiger partial charge in [-0.3, -0.25) is 0 Å². The van der Waals surface area contributed by atoms with Crippen molar-refractivity contribution in [1.82, 2.24) is 0 Å². The molecule has 2 unspecified atom stereocenters. The van der Waals surface area contributed by atoms with Crippen LogP contribution in [0, 0.1) is 10.8 Å². The largest absolute Gasteiger partial charge is 0.256 e. The van der Waals surface area contributed by atoms with Crippen molar-refractivity contribution in [2.24, 2.45) is 10.8 Å². The molecule has 0 aromatic heterocycles. The Morgan fingerprint density at radius 1 is 1.28 bits per heavy atom. The van der Waals surface area contributed by atoms with Gasteiger partial charge >= 0.3 is 0 Å². The van der Waals surface area contributed by atoms with Crippen LogP contribution in [0.15, 0.2) is 11.8 Å². The molecule has 1 saturated heterocycles. The molecule has 0 nitrogen and oxygen atoms in total. The lowest BCUT2D eigenvalue weighted by molar-refractivity contribution is 0.266. The molecule has 1 aliphatic heterocycles. The van der Waals surface area contributed by atoms with Crippen molar-refractivity contribution in [2.75, 3.05) is 0 Å². The van der Waals surface area contributed by atoms with Crippen LogP contribution in [0.1, 0.15) is 34.1 Å². The minimum Gasteiger partial charge on any atom is -0.145 e. The highest BCUT2D eigenvalue weighted by atomic mass is 35.7. The van der Waals surface area contributed by atoms with E-state index in [9.17, 15) is 0 Å². The van der Waals surface area contributed by atoms with E-state index >= 15 is 0 Å². The Kier molecular flexibility index (Phi) is 4.61. The third-order valence-corrected chi connectivity index (χ3v) is 10.4. The van der Waals surface area contributed by atoms with Gasteiger partial charge in [0.1, 0.15) is 0 Å². The highest BCUT2D eigenvalue weighted by molar-refractivity contribution is 7.47.